The van der Waals surface area contributed by atoms with Crippen molar-refractivity contribution in [3.8, 4) is 0 Å². The highest BCUT2D eigenvalue weighted by molar-refractivity contribution is 7.99. The Bertz CT molecular complexity index is 868. The van der Waals surface area contributed by atoms with E-state index in [1.807, 2.05) is 54.3 Å². The predicted octanol–water partition coefficient (Wildman–Crippen LogP) is 4.86. The molecular weight excluding hydrogens is 356 g/mol. The highest BCUT2D eigenvalue weighted by atomic mass is 32.2. The van der Waals surface area contributed by atoms with Crippen LogP contribution < -0.4 is 0 Å². The van der Waals surface area contributed by atoms with Crippen LogP contribution in [0.1, 0.15) is 37.1 Å². The van der Waals surface area contributed by atoms with E-state index in [2.05, 4.69) is 17.1 Å². The van der Waals surface area contributed by atoms with Gasteiger partial charge in [-0.3, -0.25) is 4.79 Å². The number of benzene rings is 2. The largest absolute Gasteiger partial charge is 0.440 e. The van der Waals surface area contributed by atoms with Gasteiger partial charge in [-0.1, -0.05) is 42.5 Å². The Labute approximate surface area is 164 Å². The number of fused-ring (bicyclic) bond motifs is 1. The minimum absolute atomic E-state index is 0.0221. The molecule has 0 bridgehead atoms. The van der Waals surface area contributed by atoms with Gasteiger partial charge >= 0.3 is 0 Å². The van der Waals surface area contributed by atoms with Gasteiger partial charge in [-0.25, -0.2) is 4.98 Å². The Balaban J connectivity index is 1.30. The lowest BCUT2D eigenvalue weighted by Crippen LogP contribution is -2.41. The molecule has 5 heteroatoms. The molecular formula is C22H24N2O2S. The topological polar surface area (TPSA) is 46.3 Å². The first-order chi connectivity index (χ1) is 13.2. The number of carbonyl (C=O) groups is 1. The van der Waals surface area contributed by atoms with Crippen LogP contribution in [0.15, 0.2) is 59.0 Å². The fraction of sp³-hybridized carbons (Fsp3) is 0.364. The van der Waals surface area contributed by atoms with Crippen LogP contribution in [-0.4, -0.2) is 34.1 Å². The molecule has 0 unspecified atom stereocenters. The van der Waals surface area contributed by atoms with Gasteiger partial charge in [-0.15, -0.1) is 11.8 Å². The summed E-state index contributed by atoms with van der Waals surface area (Å²) in [5.74, 6) is 2.23. The van der Waals surface area contributed by atoms with Crippen LogP contribution >= 0.6 is 11.8 Å². The van der Waals surface area contributed by atoms with Gasteiger partial charge in [0.05, 0.1) is 5.25 Å². The van der Waals surface area contributed by atoms with Crippen LogP contribution in [0.2, 0.25) is 0 Å². The molecule has 4 nitrogen and oxygen atoms in total. The van der Waals surface area contributed by atoms with Gasteiger partial charge in [0.25, 0.3) is 0 Å². The molecule has 0 saturated carbocycles. The van der Waals surface area contributed by atoms with Crippen LogP contribution in [-0.2, 0) is 10.5 Å². The lowest BCUT2D eigenvalue weighted by Gasteiger charge is -2.32. The molecule has 2 heterocycles. The van der Waals surface area contributed by atoms with E-state index in [9.17, 15) is 4.79 Å². The average Bonchev–Trinajstić information content (AvgIpc) is 3.16. The van der Waals surface area contributed by atoms with Gasteiger partial charge in [-0.05, 0) is 37.5 Å². The summed E-state index contributed by atoms with van der Waals surface area (Å²) < 4.78 is 5.92. The van der Waals surface area contributed by atoms with Gasteiger partial charge in [0.2, 0.25) is 5.91 Å². The number of hydrogen-bond donors (Lipinski definition) is 0. The van der Waals surface area contributed by atoms with Crippen LogP contribution in [0, 0.1) is 0 Å². The van der Waals surface area contributed by atoms with Gasteiger partial charge in [-0.2, -0.15) is 0 Å². The maximum Gasteiger partial charge on any atom is 0.235 e. The van der Waals surface area contributed by atoms with Crippen molar-refractivity contribution in [3.05, 3.63) is 66.1 Å². The Kier molecular flexibility index (Phi) is 5.48. The van der Waals surface area contributed by atoms with Crippen molar-refractivity contribution in [2.45, 2.75) is 36.7 Å². The van der Waals surface area contributed by atoms with E-state index in [0.717, 1.165) is 48.7 Å². The monoisotopic (exact) mass is 380 g/mol. The van der Waals surface area contributed by atoms with E-state index >= 15 is 0 Å². The van der Waals surface area contributed by atoms with E-state index < -0.39 is 0 Å². The van der Waals surface area contributed by atoms with E-state index in [-0.39, 0.29) is 11.2 Å². The molecule has 1 aliphatic rings. The van der Waals surface area contributed by atoms with Crippen LogP contribution in [0.25, 0.3) is 11.1 Å². The zero-order chi connectivity index (χ0) is 18.6. The molecule has 1 fully saturated rings. The second-order valence-electron chi connectivity index (χ2n) is 7.06. The van der Waals surface area contributed by atoms with Crippen LogP contribution in [0.5, 0.6) is 0 Å². The first kappa shape index (κ1) is 18.1. The van der Waals surface area contributed by atoms with Crippen molar-refractivity contribution < 1.29 is 9.21 Å². The minimum Gasteiger partial charge on any atom is -0.440 e. The van der Waals surface area contributed by atoms with E-state index in [4.69, 9.17) is 4.42 Å². The minimum atomic E-state index is -0.0221. The molecule has 1 amide bonds. The first-order valence-corrected chi connectivity index (χ1v) is 10.6. The van der Waals surface area contributed by atoms with E-state index in [1.165, 1.54) is 5.56 Å². The summed E-state index contributed by atoms with van der Waals surface area (Å²) >= 11 is 1.71. The Morgan fingerprint density at radius 2 is 1.85 bits per heavy atom. The third kappa shape index (κ3) is 4.19. The second kappa shape index (κ2) is 8.17. The summed E-state index contributed by atoms with van der Waals surface area (Å²) in [6.07, 6.45) is 1.82. The van der Waals surface area contributed by atoms with Crippen LogP contribution in [0.4, 0.5) is 0 Å². The third-order valence-corrected chi connectivity index (χ3v) is 6.36. The molecule has 0 aliphatic carbocycles. The van der Waals surface area contributed by atoms with Crippen molar-refractivity contribution >= 4 is 28.8 Å². The first-order valence-electron chi connectivity index (χ1n) is 9.50. The number of thioether (sulfide) groups is 1. The molecule has 140 valence electrons. The molecule has 0 N–H and O–H groups in total. The standard InChI is InChI=1S/C22H24N2O2S/c1-16(27-15-17-7-3-2-4-8-17)22(25)24-13-11-18(12-14-24)21-23-19-9-5-6-10-20(19)26-21/h2-10,16,18H,11-15H2,1H3/t16-/m0/s1. The molecule has 4 rings (SSSR count). The highest BCUT2D eigenvalue weighted by Gasteiger charge is 2.29. The van der Waals surface area contributed by atoms with Crippen molar-refractivity contribution in [1.29, 1.82) is 0 Å². The van der Waals surface area contributed by atoms with Gasteiger partial charge < -0.3 is 9.32 Å². The number of nitrogens with zero attached hydrogens (tertiary/aromatic N) is 2. The molecule has 0 radical (unpaired) electrons. The van der Waals surface area contributed by atoms with Crippen LogP contribution in [0.3, 0.4) is 0 Å². The highest BCUT2D eigenvalue weighted by Crippen LogP contribution is 2.31. The van der Waals surface area contributed by atoms with Gasteiger partial charge in [0.1, 0.15) is 5.52 Å². The Hall–Kier alpha value is -2.27. The molecule has 1 atom stereocenters. The second-order valence-corrected chi connectivity index (χ2v) is 8.39. The number of carbonyl (C=O) groups excluding carboxylic acids is 1. The molecule has 3 aromatic rings. The van der Waals surface area contributed by atoms with Crippen molar-refractivity contribution in [2.24, 2.45) is 0 Å². The maximum atomic E-state index is 12.8. The van der Waals surface area contributed by atoms with Crippen molar-refractivity contribution in [1.82, 2.24) is 9.88 Å². The molecule has 27 heavy (non-hydrogen) atoms. The van der Waals surface area contributed by atoms with E-state index in [1.54, 1.807) is 11.8 Å². The third-order valence-electron chi connectivity index (χ3n) is 5.16. The molecule has 0 spiro atoms. The van der Waals surface area contributed by atoms with Crippen molar-refractivity contribution in [2.75, 3.05) is 13.1 Å². The average molecular weight is 381 g/mol. The lowest BCUT2D eigenvalue weighted by atomic mass is 9.96. The van der Waals surface area contributed by atoms with Crippen molar-refractivity contribution in [3.63, 3.8) is 0 Å². The Morgan fingerprint density at radius 3 is 2.59 bits per heavy atom. The fourth-order valence-corrected chi connectivity index (χ4v) is 4.46. The maximum absolute atomic E-state index is 12.8. The summed E-state index contributed by atoms with van der Waals surface area (Å²) in [7, 11) is 0. The molecule has 1 saturated heterocycles. The van der Waals surface area contributed by atoms with Gasteiger partial charge in [0, 0.05) is 24.8 Å². The van der Waals surface area contributed by atoms with E-state index in [0.29, 0.717) is 5.92 Å². The fourth-order valence-electron chi connectivity index (χ4n) is 3.54. The number of para-hydroxylation sites is 2. The number of piperidine rings is 1. The summed E-state index contributed by atoms with van der Waals surface area (Å²) in [5, 5.41) is -0.0221. The summed E-state index contributed by atoms with van der Waals surface area (Å²) in [5.41, 5.74) is 3.02. The number of amides is 1. The smallest absolute Gasteiger partial charge is 0.235 e. The molecule has 1 aliphatic heterocycles. The number of rotatable bonds is 5. The molecule has 2 aromatic carbocycles. The summed E-state index contributed by atoms with van der Waals surface area (Å²) in [6.45, 7) is 3.57. The number of hydrogen-bond acceptors (Lipinski definition) is 4. The zero-order valence-corrected chi connectivity index (χ0v) is 16.3. The Morgan fingerprint density at radius 1 is 1.15 bits per heavy atom. The summed E-state index contributed by atoms with van der Waals surface area (Å²) in [6, 6.07) is 18.2. The predicted molar refractivity (Wildman–Crippen MR) is 110 cm³/mol. The van der Waals surface area contributed by atoms with Gasteiger partial charge in [0.15, 0.2) is 11.5 Å². The summed E-state index contributed by atoms with van der Waals surface area (Å²) in [4.78, 5) is 19.4. The SMILES string of the molecule is C[C@H](SCc1ccccc1)C(=O)N1CCC(c2nc3ccccc3o2)CC1. The molecule has 1 aromatic heterocycles. The quantitative estimate of drug-likeness (QED) is 0.634. The normalized spacial score (nSPS) is 16.6. The zero-order valence-electron chi connectivity index (χ0n) is 15.5. The number of oxazole rings is 1. The lowest BCUT2D eigenvalue weighted by molar-refractivity contribution is -0.131. The number of aromatic nitrogens is 1. The number of likely N-dealkylation sites (tertiary alicyclic amines) is 1.